The summed E-state index contributed by atoms with van der Waals surface area (Å²) in [6.07, 6.45) is 0. The first-order valence-electron chi connectivity index (χ1n) is 11.8. The van der Waals surface area contributed by atoms with E-state index in [0.29, 0.717) is 6.61 Å². The highest BCUT2D eigenvalue weighted by atomic mass is 35.5. The summed E-state index contributed by atoms with van der Waals surface area (Å²) in [5, 5.41) is 0. The Kier molecular flexibility index (Phi) is 7.49. The van der Waals surface area contributed by atoms with Gasteiger partial charge in [0.25, 0.3) is 0 Å². The van der Waals surface area contributed by atoms with Gasteiger partial charge in [-0.25, -0.2) is 9.97 Å². The number of nitrogens with zero attached hydrogens (tertiary/aromatic N) is 4. The molecular formula is C27H31ClN6O2. The van der Waals surface area contributed by atoms with Crippen molar-refractivity contribution in [1.82, 2.24) is 24.8 Å². The van der Waals surface area contributed by atoms with Crippen molar-refractivity contribution in [1.29, 1.82) is 0 Å². The number of imidazole rings is 2. The maximum atomic E-state index is 5.55. The molecule has 8 nitrogen and oxygen atoms in total. The molecule has 0 amide bonds. The summed E-state index contributed by atoms with van der Waals surface area (Å²) in [5.41, 5.74) is 7.27. The van der Waals surface area contributed by atoms with Crippen molar-refractivity contribution in [3.05, 3.63) is 60.7 Å². The van der Waals surface area contributed by atoms with Gasteiger partial charge in [0.05, 0.1) is 28.7 Å². The van der Waals surface area contributed by atoms with E-state index in [4.69, 9.17) is 14.7 Å². The Hall–Kier alpha value is -3.59. The van der Waals surface area contributed by atoms with E-state index >= 15 is 0 Å². The molecule has 0 aliphatic carbocycles. The lowest BCUT2D eigenvalue weighted by Gasteiger charge is -2.34. The highest BCUT2D eigenvalue weighted by Gasteiger charge is 2.16. The Balaban J connectivity index is 0.00000152. The maximum absolute atomic E-state index is 5.55. The Morgan fingerprint density at radius 1 is 0.778 bits per heavy atom. The molecule has 9 heteroatoms. The van der Waals surface area contributed by atoms with E-state index in [9.17, 15) is 0 Å². The highest BCUT2D eigenvalue weighted by Crippen LogP contribution is 2.28. The van der Waals surface area contributed by atoms with Gasteiger partial charge < -0.3 is 30.0 Å². The minimum atomic E-state index is 0. The number of fused-ring (bicyclic) bond motifs is 2. The number of nitrogens with one attached hydrogen (secondary N) is 2. The van der Waals surface area contributed by atoms with Gasteiger partial charge in [-0.2, -0.15) is 0 Å². The Bertz CT molecular complexity index is 1450. The number of hydrogen-bond donors (Lipinski definition) is 2. The molecule has 0 saturated carbocycles. The van der Waals surface area contributed by atoms with Crippen molar-refractivity contribution >= 4 is 40.2 Å². The van der Waals surface area contributed by atoms with Crippen LogP contribution in [0.5, 0.6) is 5.75 Å². The fourth-order valence-electron chi connectivity index (χ4n) is 4.57. The third kappa shape index (κ3) is 4.88. The van der Waals surface area contributed by atoms with Gasteiger partial charge in [-0.3, -0.25) is 0 Å². The number of aromatic nitrogens is 4. The standard InChI is InChI=1S/C27H28N6O.ClH.H2O/c1-3-34-21-8-4-18(5-9-21)26-28-22-10-6-19(16-24(22)30-26)27-29-23-11-7-20(17-25(23)31-27)33-14-12-32(2)13-15-33;;/h4-11,16-17H,3,12-15H2,1-2H3,(H,28,30)(H,29,31);1H;1H2. The molecule has 2 aromatic heterocycles. The van der Waals surface area contributed by atoms with Crippen molar-refractivity contribution < 1.29 is 10.2 Å². The number of H-pyrrole nitrogens is 2. The fourth-order valence-corrected chi connectivity index (χ4v) is 4.57. The molecule has 188 valence electrons. The number of likely N-dealkylation sites (N-methyl/N-ethyl adjacent to an activating group) is 1. The zero-order chi connectivity index (χ0) is 23.1. The first-order valence-corrected chi connectivity index (χ1v) is 11.8. The maximum Gasteiger partial charge on any atom is 0.138 e. The second kappa shape index (κ2) is 10.6. The molecule has 5 aromatic rings. The number of anilines is 1. The smallest absolute Gasteiger partial charge is 0.138 e. The predicted octanol–water partition coefficient (Wildman–Crippen LogP) is 4.52. The van der Waals surface area contributed by atoms with E-state index in [1.54, 1.807) is 0 Å². The van der Waals surface area contributed by atoms with Crippen molar-refractivity contribution in [2.75, 3.05) is 44.7 Å². The second-order valence-corrected chi connectivity index (χ2v) is 8.85. The first-order chi connectivity index (χ1) is 16.7. The van der Waals surface area contributed by atoms with Gasteiger partial charge in [0.1, 0.15) is 17.4 Å². The summed E-state index contributed by atoms with van der Waals surface area (Å²) in [6, 6.07) is 20.7. The number of ether oxygens (including phenoxy) is 1. The van der Waals surface area contributed by atoms with E-state index in [2.05, 4.69) is 57.1 Å². The number of rotatable bonds is 5. The van der Waals surface area contributed by atoms with Gasteiger partial charge in [-0.1, -0.05) is 0 Å². The third-order valence-electron chi connectivity index (χ3n) is 6.53. The molecule has 36 heavy (non-hydrogen) atoms. The largest absolute Gasteiger partial charge is 0.494 e. The summed E-state index contributed by atoms with van der Waals surface area (Å²) >= 11 is 0. The van der Waals surface area contributed by atoms with E-state index in [1.807, 2.05) is 37.3 Å². The summed E-state index contributed by atoms with van der Waals surface area (Å²) < 4.78 is 5.55. The summed E-state index contributed by atoms with van der Waals surface area (Å²) in [5.74, 6) is 2.58. The molecule has 0 atom stereocenters. The average Bonchev–Trinajstić information content (AvgIpc) is 3.48. The topological polar surface area (TPSA) is 105 Å². The molecule has 0 unspecified atom stereocenters. The molecule has 1 aliphatic rings. The molecular weight excluding hydrogens is 476 g/mol. The van der Waals surface area contributed by atoms with Gasteiger partial charge in [-0.05, 0) is 74.6 Å². The van der Waals surface area contributed by atoms with E-state index in [0.717, 1.165) is 76.8 Å². The Morgan fingerprint density at radius 2 is 1.36 bits per heavy atom. The molecule has 6 rings (SSSR count). The highest BCUT2D eigenvalue weighted by molar-refractivity contribution is 5.87. The number of hydrogen-bond acceptors (Lipinski definition) is 5. The normalized spacial score (nSPS) is 14.0. The van der Waals surface area contributed by atoms with Gasteiger partial charge in [0, 0.05) is 43.0 Å². The van der Waals surface area contributed by atoms with Crippen LogP contribution in [-0.4, -0.2) is 70.1 Å². The van der Waals surface area contributed by atoms with E-state index < -0.39 is 0 Å². The summed E-state index contributed by atoms with van der Waals surface area (Å²) in [4.78, 5) is 21.4. The monoisotopic (exact) mass is 506 g/mol. The lowest BCUT2D eigenvalue weighted by Crippen LogP contribution is -2.44. The lowest BCUT2D eigenvalue weighted by molar-refractivity contribution is 0.313. The Labute approximate surface area is 216 Å². The van der Waals surface area contributed by atoms with Crippen LogP contribution in [0.1, 0.15) is 6.92 Å². The quantitative estimate of drug-likeness (QED) is 0.364. The molecule has 0 radical (unpaired) electrons. The lowest BCUT2D eigenvalue weighted by atomic mass is 10.2. The van der Waals surface area contributed by atoms with Gasteiger partial charge in [0.2, 0.25) is 0 Å². The van der Waals surface area contributed by atoms with Crippen LogP contribution in [0, 0.1) is 0 Å². The molecule has 4 N–H and O–H groups in total. The van der Waals surface area contributed by atoms with E-state index in [1.165, 1.54) is 5.69 Å². The average molecular weight is 507 g/mol. The van der Waals surface area contributed by atoms with Crippen molar-refractivity contribution in [2.24, 2.45) is 0 Å². The van der Waals surface area contributed by atoms with Crippen LogP contribution in [0.15, 0.2) is 60.7 Å². The van der Waals surface area contributed by atoms with Gasteiger partial charge in [0.15, 0.2) is 0 Å². The number of aromatic amines is 2. The molecule has 1 fully saturated rings. The van der Waals surface area contributed by atoms with E-state index in [-0.39, 0.29) is 17.9 Å². The Morgan fingerprint density at radius 3 is 2.03 bits per heavy atom. The summed E-state index contributed by atoms with van der Waals surface area (Å²) in [7, 11) is 2.18. The van der Waals surface area contributed by atoms with Gasteiger partial charge >= 0.3 is 0 Å². The van der Waals surface area contributed by atoms with Crippen molar-refractivity contribution in [3.8, 4) is 28.5 Å². The van der Waals surface area contributed by atoms with Crippen LogP contribution in [0.3, 0.4) is 0 Å². The van der Waals surface area contributed by atoms with Crippen LogP contribution in [-0.2, 0) is 0 Å². The number of piperazine rings is 1. The zero-order valence-corrected chi connectivity index (χ0v) is 21.2. The van der Waals surface area contributed by atoms with Crippen LogP contribution >= 0.6 is 12.4 Å². The molecule has 0 bridgehead atoms. The minimum Gasteiger partial charge on any atom is -0.494 e. The number of benzene rings is 3. The molecule has 3 aromatic carbocycles. The molecule has 3 heterocycles. The molecule has 1 aliphatic heterocycles. The molecule has 1 saturated heterocycles. The second-order valence-electron chi connectivity index (χ2n) is 8.85. The molecule has 0 spiro atoms. The van der Waals surface area contributed by atoms with Crippen LogP contribution in [0.4, 0.5) is 5.69 Å². The van der Waals surface area contributed by atoms with Crippen LogP contribution in [0.2, 0.25) is 0 Å². The van der Waals surface area contributed by atoms with Crippen molar-refractivity contribution in [3.63, 3.8) is 0 Å². The first kappa shape index (κ1) is 25.5. The number of halogens is 1. The van der Waals surface area contributed by atoms with Crippen LogP contribution in [0.25, 0.3) is 44.8 Å². The SMILES string of the molecule is CCOc1ccc(-c2nc3ccc(-c4nc5ccc(N6CCN(C)CC6)cc5[nH]4)cc3[nH]2)cc1.Cl.O. The third-order valence-corrected chi connectivity index (χ3v) is 6.53. The predicted molar refractivity (Wildman–Crippen MR) is 148 cm³/mol. The van der Waals surface area contributed by atoms with Gasteiger partial charge in [-0.15, -0.1) is 12.4 Å². The van der Waals surface area contributed by atoms with Crippen LogP contribution < -0.4 is 9.64 Å². The minimum absolute atomic E-state index is 0. The summed E-state index contributed by atoms with van der Waals surface area (Å²) in [6.45, 7) is 6.93. The fraction of sp³-hybridized carbons (Fsp3) is 0.259. The zero-order valence-electron chi connectivity index (χ0n) is 20.4. The van der Waals surface area contributed by atoms with Crippen molar-refractivity contribution in [2.45, 2.75) is 6.92 Å².